The van der Waals surface area contributed by atoms with Crippen molar-refractivity contribution < 1.29 is 38.5 Å². The largest absolute Gasteiger partial charge is 0.546 e. The van der Waals surface area contributed by atoms with E-state index < -0.39 is 36.2 Å². The van der Waals surface area contributed by atoms with E-state index >= 15 is 0 Å². The molecule has 0 radical (unpaired) electrons. The summed E-state index contributed by atoms with van der Waals surface area (Å²) in [5.74, 6) is -2.21. The average molecular weight is 394 g/mol. The first-order valence-electron chi connectivity index (χ1n) is 7.77. The summed E-state index contributed by atoms with van der Waals surface area (Å²) >= 11 is 0.701. The number of carbonyl (C=O) groups is 4. The maximum absolute atomic E-state index is 12.3. The zero-order valence-corrected chi connectivity index (χ0v) is 15.4. The summed E-state index contributed by atoms with van der Waals surface area (Å²) in [6.07, 6.45) is 1.46. The van der Waals surface area contributed by atoms with Crippen LogP contribution < -0.4 is 14.6 Å². The molecule has 0 aliphatic carbocycles. The van der Waals surface area contributed by atoms with Crippen LogP contribution in [0.5, 0.6) is 11.5 Å². The van der Waals surface area contributed by atoms with Crippen molar-refractivity contribution in [3.63, 3.8) is 0 Å². The second kappa shape index (κ2) is 9.08. The zero-order chi connectivity index (χ0) is 20.0. The molecule has 1 saturated heterocycles. The van der Waals surface area contributed by atoms with Crippen LogP contribution in [-0.2, 0) is 19.1 Å². The fourth-order valence-corrected chi connectivity index (χ4v) is 2.99. The van der Waals surface area contributed by atoms with Gasteiger partial charge in [-0.2, -0.15) is 0 Å². The Kier molecular flexibility index (Phi) is 6.83. The predicted molar refractivity (Wildman–Crippen MR) is 92.8 cm³/mol. The number of aliphatic carboxylic acids is 1. The molecule has 1 fully saturated rings. The van der Waals surface area contributed by atoms with E-state index in [1.54, 1.807) is 13.0 Å². The zero-order valence-electron chi connectivity index (χ0n) is 14.6. The first-order chi connectivity index (χ1) is 12.8. The van der Waals surface area contributed by atoms with Crippen LogP contribution in [0.4, 0.5) is 4.79 Å². The summed E-state index contributed by atoms with van der Waals surface area (Å²) in [4.78, 5) is 47.2. The number of nitrogens with zero attached hydrogens (tertiary/aromatic N) is 1. The van der Waals surface area contributed by atoms with E-state index in [4.69, 9.17) is 14.2 Å². The highest BCUT2D eigenvalue weighted by Crippen LogP contribution is 2.34. The van der Waals surface area contributed by atoms with Crippen LogP contribution in [-0.4, -0.2) is 54.9 Å². The van der Waals surface area contributed by atoms with E-state index in [0.717, 1.165) is 4.90 Å². The highest BCUT2D eigenvalue weighted by Gasteiger charge is 2.36. The number of carboxylic acids is 1. The third-order valence-electron chi connectivity index (χ3n) is 3.30. The normalized spacial score (nSPS) is 15.2. The Labute approximate surface area is 158 Å². The number of amides is 2. The Bertz CT molecular complexity index is 804. The van der Waals surface area contributed by atoms with Gasteiger partial charge < -0.3 is 24.1 Å². The standard InChI is InChI=1S/C17H17NO8S/c1-3-25-15(21)8-18-16(22)13(27-17(18)23)7-10-4-5-11(12(6-10)24-2)26-9-14(19)20/h4-7H,3,8-9H2,1-2H3,(H,19,20)/p-1/b13-7-. The van der Waals surface area contributed by atoms with E-state index in [-0.39, 0.29) is 23.0 Å². The summed E-state index contributed by atoms with van der Waals surface area (Å²) in [5.41, 5.74) is 0.522. The Morgan fingerprint density at radius 3 is 2.63 bits per heavy atom. The molecule has 0 unspecified atom stereocenters. The number of hydrogen-bond donors (Lipinski definition) is 0. The monoisotopic (exact) mass is 394 g/mol. The van der Waals surface area contributed by atoms with Crippen LogP contribution >= 0.6 is 11.8 Å². The minimum absolute atomic E-state index is 0.134. The van der Waals surface area contributed by atoms with Gasteiger partial charge in [-0.15, -0.1) is 0 Å². The molecule has 27 heavy (non-hydrogen) atoms. The van der Waals surface area contributed by atoms with Gasteiger partial charge in [-0.1, -0.05) is 6.07 Å². The van der Waals surface area contributed by atoms with Crippen LogP contribution in [0.1, 0.15) is 12.5 Å². The Hall–Kier alpha value is -3.01. The van der Waals surface area contributed by atoms with Crippen LogP contribution in [0.15, 0.2) is 23.1 Å². The lowest BCUT2D eigenvalue weighted by Gasteiger charge is -2.12. The van der Waals surface area contributed by atoms with Gasteiger partial charge in [-0.3, -0.25) is 19.3 Å². The maximum atomic E-state index is 12.3. The van der Waals surface area contributed by atoms with Gasteiger partial charge in [0.2, 0.25) is 0 Å². The van der Waals surface area contributed by atoms with Gasteiger partial charge in [0.15, 0.2) is 11.5 Å². The molecular weight excluding hydrogens is 378 g/mol. The summed E-state index contributed by atoms with van der Waals surface area (Å²) in [6, 6.07) is 4.55. The molecule has 10 heteroatoms. The molecule has 0 aromatic heterocycles. The predicted octanol–water partition coefficient (Wildman–Crippen LogP) is 0.423. The topological polar surface area (TPSA) is 122 Å². The number of carbonyl (C=O) groups excluding carboxylic acids is 4. The highest BCUT2D eigenvalue weighted by molar-refractivity contribution is 8.18. The molecule has 1 aromatic rings. The lowest BCUT2D eigenvalue weighted by atomic mass is 10.2. The SMILES string of the molecule is CCOC(=O)CN1C(=O)S/C(=C\c2ccc(OCC(=O)[O-])c(OC)c2)C1=O. The number of methoxy groups -OCH3 is 1. The van der Waals surface area contributed by atoms with Gasteiger partial charge in [0.25, 0.3) is 11.1 Å². The molecule has 0 atom stereocenters. The number of carboxylic acid groups (broad SMARTS) is 1. The van der Waals surface area contributed by atoms with E-state index in [1.807, 2.05) is 0 Å². The molecular formula is C17H16NO8S-. The van der Waals surface area contributed by atoms with Crippen LogP contribution in [0.25, 0.3) is 6.08 Å². The van der Waals surface area contributed by atoms with Crippen molar-refractivity contribution in [3.05, 3.63) is 28.7 Å². The van der Waals surface area contributed by atoms with Crippen molar-refractivity contribution in [1.29, 1.82) is 0 Å². The average Bonchev–Trinajstić information content (AvgIpc) is 2.88. The third kappa shape index (κ3) is 5.23. The van der Waals surface area contributed by atoms with Crippen molar-refractivity contribution in [3.8, 4) is 11.5 Å². The molecule has 0 spiro atoms. The van der Waals surface area contributed by atoms with Crippen molar-refractivity contribution >= 4 is 40.9 Å². The van der Waals surface area contributed by atoms with E-state index in [9.17, 15) is 24.3 Å². The number of ether oxygens (including phenoxy) is 3. The molecule has 0 N–H and O–H groups in total. The van der Waals surface area contributed by atoms with E-state index in [1.165, 1.54) is 25.3 Å². The molecule has 2 amide bonds. The van der Waals surface area contributed by atoms with Crippen molar-refractivity contribution in [1.82, 2.24) is 4.90 Å². The van der Waals surface area contributed by atoms with E-state index in [0.29, 0.717) is 17.3 Å². The van der Waals surface area contributed by atoms with Crippen LogP contribution in [0.2, 0.25) is 0 Å². The fraction of sp³-hybridized carbons (Fsp3) is 0.294. The lowest BCUT2D eigenvalue weighted by Crippen LogP contribution is -2.34. The molecule has 1 aromatic carbocycles. The lowest BCUT2D eigenvalue weighted by molar-refractivity contribution is -0.307. The van der Waals surface area contributed by atoms with Crippen LogP contribution in [0.3, 0.4) is 0 Å². The van der Waals surface area contributed by atoms with Crippen molar-refractivity contribution in [2.75, 3.05) is 26.9 Å². The van der Waals surface area contributed by atoms with Gasteiger partial charge in [0.1, 0.15) is 13.2 Å². The summed E-state index contributed by atoms with van der Waals surface area (Å²) in [5, 5.41) is 9.92. The van der Waals surface area contributed by atoms with Gasteiger partial charge in [-0.05, 0) is 42.5 Å². The first kappa shape index (κ1) is 20.3. The third-order valence-corrected chi connectivity index (χ3v) is 4.20. The number of imide groups is 1. The number of hydrogen-bond acceptors (Lipinski definition) is 9. The summed E-state index contributed by atoms with van der Waals surface area (Å²) < 4.78 is 14.9. The second-order valence-corrected chi connectivity index (χ2v) is 6.14. The van der Waals surface area contributed by atoms with E-state index in [2.05, 4.69) is 0 Å². The number of esters is 1. The minimum atomic E-state index is -1.38. The Balaban J connectivity index is 2.18. The van der Waals surface area contributed by atoms with Crippen molar-refractivity contribution in [2.24, 2.45) is 0 Å². The molecule has 144 valence electrons. The molecule has 1 aliphatic heterocycles. The molecule has 1 heterocycles. The van der Waals surface area contributed by atoms with Gasteiger partial charge in [0.05, 0.1) is 24.6 Å². The van der Waals surface area contributed by atoms with Gasteiger partial charge >= 0.3 is 5.97 Å². The molecule has 1 aliphatic rings. The summed E-state index contributed by atoms with van der Waals surface area (Å²) in [6.45, 7) is 0.689. The highest BCUT2D eigenvalue weighted by atomic mass is 32.2. The number of rotatable bonds is 8. The minimum Gasteiger partial charge on any atom is -0.546 e. The first-order valence-corrected chi connectivity index (χ1v) is 8.59. The van der Waals surface area contributed by atoms with Crippen molar-refractivity contribution in [2.45, 2.75) is 6.92 Å². The maximum Gasteiger partial charge on any atom is 0.326 e. The number of benzene rings is 1. The Morgan fingerprint density at radius 2 is 2.00 bits per heavy atom. The number of thioether (sulfide) groups is 1. The second-order valence-electron chi connectivity index (χ2n) is 5.14. The van der Waals surface area contributed by atoms with Gasteiger partial charge in [0, 0.05) is 0 Å². The Morgan fingerprint density at radius 1 is 1.26 bits per heavy atom. The fourth-order valence-electron chi connectivity index (χ4n) is 2.15. The smallest absolute Gasteiger partial charge is 0.326 e. The van der Waals surface area contributed by atoms with Crippen LogP contribution in [0, 0.1) is 0 Å². The molecule has 0 saturated carbocycles. The molecule has 2 rings (SSSR count). The molecule has 0 bridgehead atoms. The quantitative estimate of drug-likeness (QED) is 0.456. The summed E-state index contributed by atoms with van der Waals surface area (Å²) in [7, 11) is 1.37. The van der Waals surface area contributed by atoms with Gasteiger partial charge in [-0.25, -0.2) is 0 Å². The molecule has 9 nitrogen and oxygen atoms in total.